The summed E-state index contributed by atoms with van der Waals surface area (Å²) in [4.78, 5) is 39.4. The van der Waals surface area contributed by atoms with Gasteiger partial charge in [0.15, 0.2) is 17.3 Å². The molecule has 0 unspecified atom stereocenters. The lowest BCUT2D eigenvalue weighted by atomic mass is 9.95. The number of rotatable bonds is 11. The highest BCUT2D eigenvalue weighted by Gasteiger charge is 2.30. The number of anilines is 2. The third-order valence-corrected chi connectivity index (χ3v) is 8.18. The van der Waals surface area contributed by atoms with E-state index in [-0.39, 0.29) is 22.9 Å². The summed E-state index contributed by atoms with van der Waals surface area (Å²) in [5, 5.41) is 13.4. The van der Waals surface area contributed by atoms with Gasteiger partial charge in [-0.1, -0.05) is 6.07 Å². The van der Waals surface area contributed by atoms with Crippen LogP contribution in [0.25, 0.3) is 11.1 Å². The highest BCUT2D eigenvalue weighted by Crippen LogP contribution is 2.50. The number of methoxy groups -OCH3 is 3. The van der Waals surface area contributed by atoms with E-state index >= 15 is 0 Å². The second-order valence-electron chi connectivity index (χ2n) is 10.4. The Morgan fingerprint density at radius 2 is 1.86 bits per heavy atom. The molecule has 0 saturated heterocycles. The second-order valence-corrected chi connectivity index (χ2v) is 11.3. The Morgan fingerprint density at radius 1 is 1.12 bits per heavy atom. The molecule has 2 atom stereocenters. The largest absolute Gasteiger partial charge is 0.493 e. The maximum atomic E-state index is 13.8. The van der Waals surface area contributed by atoms with Gasteiger partial charge in [0.25, 0.3) is 0 Å². The van der Waals surface area contributed by atoms with Gasteiger partial charge in [-0.05, 0) is 73.1 Å². The first-order chi connectivity index (χ1) is 20.6. The first-order valence-electron chi connectivity index (χ1n) is 14.0. The predicted octanol–water partition coefficient (Wildman–Crippen LogP) is 4.08. The van der Waals surface area contributed by atoms with Gasteiger partial charge in [0.1, 0.15) is 6.04 Å². The molecule has 1 aromatic heterocycles. The summed E-state index contributed by atoms with van der Waals surface area (Å²) in [5.41, 5.74) is 3.89. The summed E-state index contributed by atoms with van der Waals surface area (Å²) in [6.07, 6.45) is 3.59. The Labute approximate surface area is 255 Å². The van der Waals surface area contributed by atoms with Crippen molar-refractivity contribution in [1.29, 1.82) is 0 Å². The smallest absolute Gasteiger partial charge is 0.248 e. The van der Waals surface area contributed by atoms with Gasteiger partial charge in [0, 0.05) is 31.3 Å². The van der Waals surface area contributed by atoms with E-state index in [4.69, 9.17) is 14.2 Å². The molecule has 1 heterocycles. The second kappa shape index (κ2) is 13.9. The van der Waals surface area contributed by atoms with E-state index in [2.05, 4.69) is 21.0 Å². The molecule has 4 rings (SSSR count). The van der Waals surface area contributed by atoms with E-state index in [1.54, 1.807) is 57.0 Å². The number of fused-ring (bicyclic) bond motifs is 3. The molecule has 0 fully saturated rings. The minimum atomic E-state index is -0.693. The van der Waals surface area contributed by atoms with Crippen LogP contribution in [0.1, 0.15) is 42.6 Å². The first kappa shape index (κ1) is 31.7. The highest BCUT2D eigenvalue weighted by molar-refractivity contribution is 7.98. The van der Waals surface area contributed by atoms with Crippen molar-refractivity contribution in [3.63, 3.8) is 0 Å². The number of benzene rings is 1. The summed E-state index contributed by atoms with van der Waals surface area (Å²) < 4.78 is 18.8. The molecular formula is C31H39N5O6S. The van der Waals surface area contributed by atoms with Crippen LogP contribution >= 0.6 is 11.8 Å². The predicted molar refractivity (Wildman–Crippen MR) is 170 cm³/mol. The fourth-order valence-electron chi connectivity index (χ4n) is 5.35. The van der Waals surface area contributed by atoms with Crippen molar-refractivity contribution in [2.75, 3.05) is 44.0 Å². The molecule has 11 nitrogen and oxygen atoms in total. The number of aromatic nitrogens is 2. The van der Waals surface area contributed by atoms with Gasteiger partial charge in [0.2, 0.25) is 23.0 Å². The van der Waals surface area contributed by atoms with Crippen LogP contribution in [-0.2, 0) is 23.1 Å². The lowest BCUT2D eigenvalue weighted by Gasteiger charge is -2.19. The number of nitrogens with one attached hydrogen (secondary N) is 3. The molecule has 12 heteroatoms. The van der Waals surface area contributed by atoms with Crippen LogP contribution < -0.4 is 35.6 Å². The molecule has 0 saturated carbocycles. The number of thioether (sulfide) groups is 1. The van der Waals surface area contributed by atoms with Crippen molar-refractivity contribution < 1.29 is 23.8 Å². The number of nitrogens with zero attached hydrogens (tertiary/aromatic N) is 2. The average Bonchev–Trinajstić information content (AvgIpc) is 3.11. The quantitative estimate of drug-likeness (QED) is 0.294. The zero-order valence-corrected chi connectivity index (χ0v) is 26.4. The fourth-order valence-corrected chi connectivity index (χ4v) is 5.83. The molecule has 3 aromatic rings. The van der Waals surface area contributed by atoms with E-state index < -0.39 is 12.1 Å². The number of hydrogen-bond acceptors (Lipinski definition) is 9. The fraction of sp³-hybridized carbons (Fsp3) is 0.419. The number of carbonyl (C=O) groups excluding carboxylic acids is 2. The van der Waals surface area contributed by atoms with Gasteiger partial charge >= 0.3 is 0 Å². The third kappa shape index (κ3) is 6.90. The lowest BCUT2D eigenvalue weighted by Crippen LogP contribution is -2.36. The molecule has 43 heavy (non-hydrogen) atoms. The van der Waals surface area contributed by atoms with Crippen molar-refractivity contribution in [3.8, 4) is 28.4 Å². The van der Waals surface area contributed by atoms with Crippen LogP contribution in [-0.4, -0.2) is 61.0 Å². The molecule has 3 N–H and O–H groups in total. The minimum absolute atomic E-state index is 0.208. The summed E-state index contributed by atoms with van der Waals surface area (Å²) >= 11 is 1.61. The number of hydrogen-bond donors (Lipinski definition) is 3. The van der Waals surface area contributed by atoms with E-state index in [1.165, 1.54) is 13.0 Å². The van der Waals surface area contributed by atoms with E-state index in [1.807, 2.05) is 25.3 Å². The Kier molecular flexibility index (Phi) is 10.2. The molecule has 2 amide bonds. The van der Waals surface area contributed by atoms with Crippen molar-refractivity contribution in [1.82, 2.24) is 15.1 Å². The van der Waals surface area contributed by atoms with Gasteiger partial charge < -0.3 is 30.2 Å². The lowest BCUT2D eigenvalue weighted by molar-refractivity contribution is -0.120. The van der Waals surface area contributed by atoms with E-state index in [9.17, 15) is 14.4 Å². The van der Waals surface area contributed by atoms with Gasteiger partial charge in [0.05, 0.1) is 33.1 Å². The molecule has 0 radical (unpaired) electrons. The Bertz CT molecular complexity index is 1550. The molecule has 0 bridgehead atoms. The highest BCUT2D eigenvalue weighted by atomic mass is 32.2. The summed E-state index contributed by atoms with van der Waals surface area (Å²) in [6, 6.07) is 7.62. The zero-order chi connectivity index (χ0) is 31.3. The van der Waals surface area contributed by atoms with Crippen molar-refractivity contribution in [2.45, 2.75) is 45.2 Å². The average molecular weight is 610 g/mol. The molecule has 2 aromatic carbocycles. The number of amides is 2. The Morgan fingerprint density at radius 3 is 2.47 bits per heavy atom. The van der Waals surface area contributed by atoms with Crippen LogP contribution in [0.4, 0.5) is 11.5 Å². The standard InChI is InChI=1S/C31H39N5O6S/c1-17-14-27(35-36(17)3)34-31(39)24(12-13-43-7)33-23-11-9-20-21(16-25(23)38)22(32-18(2)37)10-8-19-15-26(40-4)29(41-5)30(42-6)28(19)20/h9,11,14-16,22,24H,8,10,12-13H2,1-7H3,(H,32,37)(H,33,38)(H,34,35,39)/t22-,24-/m0/s1. The Hall–Kier alpha value is -4.19. The Balaban J connectivity index is 1.84. The number of aryl methyl sites for hydroxylation is 3. The van der Waals surface area contributed by atoms with Crippen LogP contribution in [0.5, 0.6) is 17.2 Å². The molecule has 0 spiro atoms. The molecule has 1 aliphatic rings. The van der Waals surface area contributed by atoms with Gasteiger partial charge in [-0.3, -0.25) is 19.1 Å². The monoisotopic (exact) mass is 609 g/mol. The first-order valence-corrected chi connectivity index (χ1v) is 15.4. The van der Waals surface area contributed by atoms with Crippen LogP contribution in [0.15, 0.2) is 35.1 Å². The normalized spacial score (nSPS) is 14.4. The van der Waals surface area contributed by atoms with Gasteiger partial charge in [-0.15, -0.1) is 0 Å². The molecule has 230 valence electrons. The topological polar surface area (TPSA) is 133 Å². The number of ether oxygens (including phenoxy) is 3. The molecular weight excluding hydrogens is 570 g/mol. The van der Waals surface area contributed by atoms with Gasteiger partial charge in [-0.2, -0.15) is 16.9 Å². The van der Waals surface area contributed by atoms with Crippen LogP contribution in [0.2, 0.25) is 0 Å². The van der Waals surface area contributed by atoms with Crippen LogP contribution in [0.3, 0.4) is 0 Å². The molecule has 0 aliphatic heterocycles. The van der Waals surface area contributed by atoms with Crippen molar-refractivity contribution >= 4 is 35.1 Å². The molecule has 1 aliphatic carbocycles. The maximum absolute atomic E-state index is 13.8. The summed E-state index contributed by atoms with van der Waals surface area (Å²) in [6.45, 7) is 3.35. The zero-order valence-electron chi connectivity index (χ0n) is 25.6. The van der Waals surface area contributed by atoms with Gasteiger partial charge in [-0.25, -0.2) is 0 Å². The van der Waals surface area contributed by atoms with Crippen LogP contribution in [0, 0.1) is 6.92 Å². The summed E-state index contributed by atoms with van der Waals surface area (Å²) in [5.74, 6) is 2.07. The van der Waals surface area contributed by atoms with E-state index in [0.29, 0.717) is 59.2 Å². The number of carbonyl (C=O) groups is 2. The SMILES string of the molecule is COc1cc2c(c(OC)c1OC)-c1ccc(N[C@@H](CCSC)C(=O)Nc3cc(C)n(C)n3)c(=O)cc1[C@@H](NC(C)=O)CC2. The van der Waals surface area contributed by atoms with Crippen molar-refractivity contribution in [2.24, 2.45) is 7.05 Å². The maximum Gasteiger partial charge on any atom is 0.248 e. The van der Waals surface area contributed by atoms with E-state index in [0.717, 1.165) is 16.8 Å². The summed E-state index contributed by atoms with van der Waals surface area (Å²) in [7, 11) is 6.47. The minimum Gasteiger partial charge on any atom is -0.493 e. The van der Waals surface area contributed by atoms with Crippen molar-refractivity contribution in [3.05, 3.63) is 57.4 Å². The third-order valence-electron chi connectivity index (χ3n) is 7.54.